The Kier molecular flexibility index (Phi) is 3.69. The zero-order chi connectivity index (χ0) is 14.7. The molecule has 3 N–H and O–H groups in total. The summed E-state index contributed by atoms with van der Waals surface area (Å²) >= 11 is 0. The van der Waals surface area contributed by atoms with Crippen molar-refractivity contribution in [1.82, 2.24) is 9.97 Å². The number of H-pyrrole nitrogens is 2. The number of esters is 1. The number of carbonyl (C=O) groups is 2. The van der Waals surface area contributed by atoms with Gasteiger partial charge in [0, 0.05) is 6.20 Å². The molecular weight excluding hydrogens is 262 g/mol. The van der Waals surface area contributed by atoms with Crippen molar-refractivity contribution in [2.24, 2.45) is 0 Å². The van der Waals surface area contributed by atoms with Crippen LogP contribution in [-0.2, 0) is 4.74 Å². The van der Waals surface area contributed by atoms with E-state index in [9.17, 15) is 14.4 Å². The lowest BCUT2D eigenvalue weighted by atomic mass is 10.1. The van der Waals surface area contributed by atoms with Crippen molar-refractivity contribution < 1.29 is 14.3 Å². The molecule has 0 atom stereocenters. The standard InChI is InChI=1S/C13H13N3O4/c1-7-3-4-9(8(5-7)12(18)20-2)15-11(17)10-6-14-13(19)16-10/h3-6H,1-2H3,(H,15,17)(H2,14,16,19). The minimum Gasteiger partial charge on any atom is -0.465 e. The largest absolute Gasteiger partial charge is 0.465 e. The summed E-state index contributed by atoms with van der Waals surface area (Å²) in [6.45, 7) is 1.82. The van der Waals surface area contributed by atoms with Gasteiger partial charge in [-0.25, -0.2) is 9.59 Å². The first-order valence-electron chi connectivity index (χ1n) is 5.79. The second-order valence-electron chi connectivity index (χ2n) is 4.15. The lowest BCUT2D eigenvalue weighted by molar-refractivity contribution is 0.0602. The fourth-order valence-electron chi connectivity index (χ4n) is 1.69. The number of ether oxygens (including phenoxy) is 1. The van der Waals surface area contributed by atoms with Gasteiger partial charge in [-0.05, 0) is 19.1 Å². The molecule has 0 fully saturated rings. The summed E-state index contributed by atoms with van der Waals surface area (Å²) < 4.78 is 4.67. The van der Waals surface area contributed by atoms with Crippen molar-refractivity contribution in [3.8, 4) is 0 Å². The van der Waals surface area contributed by atoms with E-state index in [1.165, 1.54) is 13.3 Å². The molecule has 0 saturated heterocycles. The maximum absolute atomic E-state index is 11.9. The van der Waals surface area contributed by atoms with Crippen molar-refractivity contribution >= 4 is 17.6 Å². The maximum atomic E-state index is 11.9. The van der Waals surface area contributed by atoms with Crippen LogP contribution in [0.25, 0.3) is 0 Å². The van der Waals surface area contributed by atoms with Gasteiger partial charge in [0.05, 0.1) is 18.4 Å². The zero-order valence-corrected chi connectivity index (χ0v) is 10.9. The van der Waals surface area contributed by atoms with Crippen molar-refractivity contribution in [3.63, 3.8) is 0 Å². The monoisotopic (exact) mass is 275 g/mol. The number of methoxy groups -OCH3 is 1. The SMILES string of the molecule is COC(=O)c1cc(C)ccc1NC(=O)c1c[nH]c(=O)[nH]1. The van der Waals surface area contributed by atoms with Crippen molar-refractivity contribution in [1.29, 1.82) is 0 Å². The average molecular weight is 275 g/mol. The molecule has 2 rings (SSSR count). The Balaban J connectivity index is 2.31. The quantitative estimate of drug-likeness (QED) is 0.728. The van der Waals surface area contributed by atoms with Crippen LogP contribution in [0.5, 0.6) is 0 Å². The fraction of sp³-hybridized carbons (Fsp3) is 0.154. The van der Waals surface area contributed by atoms with Crippen LogP contribution in [0.15, 0.2) is 29.2 Å². The molecule has 0 aliphatic rings. The minimum atomic E-state index is -0.549. The number of nitrogens with one attached hydrogen (secondary N) is 3. The Labute approximate surface area is 114 Å². The molecule has 1 amide bonds. The van der Waals surface area contributed by atoms with Gasteiger partial charge in [-0.15, -0.1) is 0 Å². The number of hydrogen-bond acceptors (Lipinski definition) is 4. The second-order valence-corrected chi connectivity index (χ2v) is 4.15. The van der Waals surface area contributed by atoms with Crippen molar-refractivity contribution in [2.45, 2.75) is 6.92 Å². The molecule has 2 aromatic rings. The van der Waals surface area contributed by atoms with Crippen LogP contribution >= 0.6 is 0 Å². The summed E-state index contributed by atoms with van der Waals surface area (Å²) in [5, 5.41) is 2.55. The van der Waals surface area contributed by atoms with Gasteiger partial charge in [0.15, 0.2) is 0 Å². The normalized spacial score (nSPS) is 10.1. The van der Waals surface area contributed by atoms with Gasteiger partial charge in [0.1, 0.15) is 5.69 Å². The molecule has 0 radical (unpaired) electrons. The molecule has 0 aliphatic heterocycles. The zero-order valence-electron chi connectivity index (χ0n) is 10.9. The maximum Gasteiger partial charge on any atom is 0.339 e. The summed E-state index contributed by atoms with van der Waals surface area (Å²) in [4.78, 5) is 39.2. The summed E-state index contributed by atoms with van der Waals surface area (Å²) in [6.07, 6.45) is 1.25. The third-order valence-electron chi connectivity index (χ3n) is 2.67. The van der Waals surface area contributed by atoms with Crippen LogP contribution in [0.2, 0.25) is 0 Å². The van der Waals surface area contributed by atoms with E-state index in [4.69, 9.17) is 0 Å². The van der Waals surface area contributed by atoms with E-state index < -0.39 is 17.6 Å². The third kappa shape index (κ3) is 2.77. The highest BCUT2D eigenvalue weighted by Gasteiger charge is 2.15. The first kappa shape index (κ1) is 13.6. The number of benzene rings is 1. The van der Waals surface area contributed by atoms with Gasteiger partial charge in [-0.2, -0.15) is 0 Å². The lowest BCUT2D eigenvalue weighted by Crippen LogP contribution is -2.17. The van der Waals surface area contributed by atoms with Gasteiger partial charge in [0.2, 0.25) is 0 Å². The molecule has 1 aromatic carbocycles. The summed E-state index contributed by atoms with van der Waals surface area (Å²) in [5.74, 6) is -1.08. The molecule has 0 aliphatic carbocycles. The summed E-state index contributed by atoms with van der Waals surface area (Å²) in [6, 6.07) is 4.97. The molecular formula is C13H13N3O4. The molecule has 7 nitrogen and oxygen atoms in total. The molecule has 0 saturated carbocycles. The Bertz CT molecular complexity index is 714. The van der Waals surface area contributed by atoms with Crippen LogP contribution in [-0.4, -0.2) is 29.0 Å². The van der Waals surface area contributed by atoms with E-state index in [2.05, 4.69) is 20.0 Å². The molecule has 0 bridgehead atoms. The number of amides is 1. The highest BCUT2D eigenvalue weighted by Crippen LogP contribution is 2.19. The highest BCUT2D eigenvalue weighted by molar-refractivity contribution is 6.07. The number of aromatic nitrogens is 2. The van der Waals surface area contributed by atoms with Gasteiger partial charge >= 0.3 is 11.7 Å². The minimum absolute atomic E-state index is 0.0754. The number of rotatable bonds is 3. The van der Waals surface area contributed by atoms with Crippen molar-refractivity contribution in [3.05, 3.63) is 51.7 Å². The van der Waals surface area contributed by atoms with E-state index >= 15 is 0 Å². The van der Waals surface area contributed by atoms with Gasteiger partial charge in [0.25, 0.3) is 5.91 Å². The topological polar surface area (TPSA) is 104 Å². The van der Waals surface area contributed by atoms with Crippen LogP contribution < -0.4 is 11.0 Å². The highest BCUT2D eigenvalue weighted by atomic mass is 16.5. The van der Waals surface area contributed by atoms with Crippen LogP contribution in [0.1, 0.15) is 26.4 Å². The Morgan fingerprint density at radius 2 is 2.05 bits per heavy atom. The number of carbonyl (C=O) groups excluding carboxylic acids is 2. The summed E-state index contributed by atoms with van der Waals surface area (Å²) in [7, 11) is 1.26. The number of imidazole rings is 1. The van der Waals surface area contributed by atoms with Gasteiger partial charge < -0.3 is 20.0 Å². The van der Waals surface area contributed by atoms with Gasteiger partial charge in [-0.1, -0.05) is 11.6 Å². The fourth-order valence-corrected chi connectivity index (χ4v) is 1.69. The van der Waals surface area contributed by atoms with Crippen LogP contribution in [0.3, 0.4) is 0 Å². The van der Waals surface area contributed by atoms with E-state index in [-0.39, 0.29) is 11.3 Å². The molecule has 0 unspecified atom stereocenters. The summed E-state index contributed by atoms with van der Waals surface area (Å²) in [5.41, 5.74) is 1.02. The smallest absolute Gasteiger partial charge is 0.339 e. The molecule has 104 valence electrons. The van der Waals surface area contributed by atoms with E-state index in [1.807, 2.05) is 6.92 Å². The third-order valence-corrected chi connectivity index (χ3v) is 2.67. The molecule has 7 heteroatoms. The predicted molar refractivity (Wildman–Crippen MR) is 71.9 cm³/mol. The number of aryl methyl sites for hydroxylation is 1. The predicted octanol–water partition coefficient (Wildman–Crippen LogP) is 1.05. The molecule has 1 heterocycles. The number of anilines is 1. The number of hydrogen-bond donors (Lipinski definition) is 3. The Hall–Kier alpha value is -2.83. The van der Waals surface area contributed by atoms with Crippen LogP contribution in [0, 0.1) is 6.92 Å². The molecule has 1 aromatic heterocycles. The van der Waals surface area contributed by atoms with Gasteiger partial charge in [-0.3, -0.25) is 4.79 Å². The van der Waals surface area contributed by atoms with E-state index in [0.29, 0.717) is 5.69 Å². The first-order valence-corrected chi connectivity index (χ1v) is 5.79. The first-order chi connectivity index (χ1) is 9.51. The van der Waals surface area contributed by atoms with Crippen LogP contribution in [0.4, 0.5) is 5.69 Å². The molecule has 0 spiro atoms. The van der Waals surface area contributed by atoms with Crippen molar-refractivity contribution in [2.75, 3.05) is 12.4 Å². The Morgan fingerprint density at radius 3 is 2.65 bits per heavy atom. The second kappa shape index (κ2) is 5.43. The lowest BCUT2D eigenvalue weighted by Gasteiger charge is -2.09. The van der Waals surface area contributed by atoms with E-state index in [1.54, 1.807) is 18.2 Å². The molecule has 20 heavy (non-hydrogen) atoms. The average Bonchev–Trinajstić information content (AvgIpc) is 2.86. The van der Waals surface area contributed by atoms with E-state index in [0.717, 1.165) is 5.56 Å². The Morgan fingerprint density at radius 1 is 1.30 bits per heavy atom. The number of aromatic amines is 2.